The van der Waals surface area contributed by atoms with Crippen LogP contribution in [0.5, 0.6) is 0 Å². The van der Waals surface area contributed by atoms with Crippen LogP contribution in [-0.2, 0) is 4.79 Å². The van der Waals surface area contributed by atoms with Gasteiger partial charge in [0.05, 0.1) is 12.1 Å². The van der Waals surface area contributed by atoms with Crippen LogP contribution in [0.1, 0.15) is 37.0 Å². The van der Waals surface area contributed by atoms with Gasteiger partial charge < -0.3 is 20.4 Å². The van der Waals surface area contributed by atoms with Crippen molar-refractivity contribution >= 4 is 11.8 Å². The van der Waals surface area contributed by atoms with E-state index in [4.69, 9.17) is 0 Å². The largest absolute Gasteiger partial charge is 0.390 e. The van der Waals surface area contributed by atoms with E-state index in [0.717, 1.165) is 0 Å². The number of hydrogen-bond acceptors (Lipinski definition) is 4. The minimum atomic E-state index is -1.21. The molecule has 0 unspecified atom stereocenters. The van der Waals surface area contributed by atoms with Gasteiger partial charge in [0, 0.05) is 12.6 Å². The van der Waals surface area contributed by atoms with Gasteiger partial charge >= 0.3 is 0 Å². The number of aliphatic hydroxyl groups is 2. The first-order valence-electron chi connectivity index (χ1n) is 7.85. The third kappa shape index (κ3) is 3.73. The average Bonchev–Trinajstić information content (AvgIpc) is 2.85. The molecule has 0 saturated heterocycles. The molecule has 1 aromatic rings. The van der Waals surface area contributed by atoms with Crippen molar-refractivity contribution in [3.05, 3.63) is 35.6 Å². The van der Waals surface area contributed by atoms with Gasteiger partial charge in [-0.3, -0.25) is 9.59 Å². The summed E-state index contributed by atoms with van der Waals surface area (Å²) in [5.41, 5.74) is -0.968. The molecule has 0 bridgehead atoms. The maximum atomic E-state index is 12.9. The number of amides is 2. The third-order valence-corrected chi connectivity index (χ3v) is 4.43. The third-order valence-electron chi connectivity index (χ3n) is 4.43. The number of benzene rings is 1. The number of carbonyl (C=O) groups excluding carboxylic acids is 2. The Kier molecular flexibility index (Phi) is 5.25. The Morgan fingerprint density at radius 3 is 2.29 bits per heavy atom. The molecule has 3 atom stereocenters. The van der Waals surface area contributed by atoms with E-state index in [2.05, 4.69) is 5.32 Å². The fourth-order valence-electron chi connectivity index (χ4n) is 2.96. The van der Waals surface area contributed by atoms with Gasteiger partial charge in [-0.05, 0) is 51.0 Å². The zero-order valence-electron chi connectivity index (χ0n) is 14.0. The Morgan fingerprint density at radius 2 is 1.79 bits per heavy atom. The first kappa shape index (κ1) is 18.4. The number of aliphatic hydroxyl groups excluding tert-OH is 2. The fourth-order valence-corrected chi connectivity index (χ4v) is 2.96. The van der Waals surface area contributed by atoms with Crippen LogP contribution in [0.4, 0.5) is 4.39 Å². The van der Waals surface area contributed by atoms with Crippen molar-refractivity contribution in [2.24, 2.45) is 0 Å². The van der Waals surface area contributed by atoms with Crippen molar-refractivity contribution in [3.8, 4) is 0 Å². The summed E-state index contributed by atoms with van der Waals surface area (Å²) in [5.74, 6) is -1.32. The smallest absolute Gasteiger partial charge is 0.252 e. The monoisotopic (exact) mass is 338 g/mol. The van der Waals surface area contributed by atoms with Gasteiger partial charge in [-0.1, -0.05) is 0 Å². The SMILES string of the molecule is CN(C(=O)C(C)(C)NC(=O)c1ccc(F)cc1)[C@@H]1CC[C@@H](O)[C@@H]1O. The number of carbonyl (C=O) groups is 2. The summed E-state index contributed by atoms with van der Waals surface area (Å²) >= 11 is 0. The molecule has 3 N–H and O–H groups in total. The van der Waals surface area contributed by atoms with Crippen LogP contribution in [0, 0.1) is 5.82 Å². The average molecular weight is 338 g/mol. The molecule has 0 radical (unpaired) electrons. The van der Waals surface area contributed by atoms with Gasteiger partial charge in [-0.15, -0.1) is 0 Å². The number of likely N-dealkylation sites (N-methyl/N-ethyl adjacent to an activating group) is 1. The normalized spacial score (nSPS) is 23.8. The molecular formula is C17H23FN2O4. The Morgan fingerprint density at radius 1 is 1.21 bits per heavy atom. The molecule has 0 aromatic heterocycles. The second-order valence-corrected chi connectivity index (χ2v) is 6.70. The zero-order chi connectivity index (χ0) is 18.1. The van der Waals surface area contributed by atoms with E-state index in [1.165, 1.54) is 29.2 Å². The molecule has 7 heteroatoms. The molecule has 1 aliphatic rings. The lowest BCUT2D eigenvalue weighted by Gasteiger charge is -2.35. The molecule has 2 amide bonds. The topological polar surface area (TPSA) is 89.9 Å². The summed E-state index contributed by atoms with van der Waals surface area (Å²) in [6.45, 7) is 3.12. The molecule has 1 saturated carbocycles. The zero-order valence-corrected chi connectivity index (χ0v) is 14.0. The van der Waals surface area contributed by atoms with Gasteiger partial charge in [-0.2, -0.15) is 0 Å². The van der Waals surface area contributed by atoms with Crippen LogP contribution in [0.3, 0.4) is 0 Å². The lowest BCUT2D eigenvalue weighted by molar-refractivity contribution is -0.140. The van der Waals surface area contributed by atoms with Crippen molar-refractivity contribution in [1.82, 2.24) is 10.2 Å². The highest BCUT2D eigenvalue weighted by Crippen LogP contribution is 2.25. The van der Waals surface area contributed by atoms with Crippen molar-refractivity contribution < 1.29 is 24.2 Å². The number of hydrogen-bond donors (Lipinski definition) is 3. The summed E-state index contributed by atoms with van der Waals surface area (Å²) in [7, 11) is 1.54. The second kappa shape index (κ2) is 6.86. The van der Waals surface area contributed by atoms with Gasteiger partial charge in [0.1, 0.15) is 17.5 Å². The van der Waals surface area contributed by atoms with Gasteiger partial charge in [0.25, 0.3) is 5.91 Å². The van der Waals surface area contributed by atoms with Crippen LogP contribution in [-0.4, -0.2) is 57.8 Å². The van der Waals surface area contributed by atoms with Crippen LogP contribution < -0.4 is 5.32 Å². The summed E-state index contributed by atoms with van der Waals surface area (Å²) in [5, 5.41) is 22.2. The fraction of sp³-hybridized carbons (Fsp3) is 0.529. The quantitative estimate of drug-likeness (QED) is 0.753. The molecule has 24 heavy (non-hydrogen) atoms. The van der Waals surface area contributed by atoms with Gasteiger partial charge in [0.2, 0.25) is 5.91 Å². The number of halogens is 1. The molecule has 1 aliphatic carbocycles. The first-order valence-corrected chi connectivity index (χ1v) is 7.85. The van der Waals surface area contributed by atoms with Crippen molar-refractivity contribution in [2.75, 3.05) is 7.05 Å². The Bertz CT molecular complexity index is 618. The molecule has 1 aromatic carbocycles. The molecule has 6 nitrogen and oxygen atoms in total. The van der Waals surface area contributed by atoms with E-state index < -0.39 is 35.5 Å². The maximum Gasteiger partial charge on any atom is 0.252 e. The lowest BCUT2D eigenvalue weighted by Crippen LogP contribution is -2.58. The summed E-state index contributed by atoms with van der Waals surface area (Å²) in [6, 6.07) is 4.53. The minimum Gasteiger partial charge on any atom is -0.390 e. The highest BCUT2D eigenvalue weighted by Gasteiger charge is 2.41. The van der Waals surface area contributed by atoms with E-state index >= 15 is 0 Å². The highest BCUT2D eigenvalue weighted by atomic mass is 19.1. The first-order chi connectivity index (χ1) is 11.1. The van der Waals surface area contributed by atoms with Crippen molar-refractivity contribution in [1.29, 1.82) is 0 Å². The molecule has 0 aliphatic heterocycles. The predicted molar refractivity (Wildman–Crippen MR) is 85.8 cm³/mol. The molecule has 132 valence electrons. The molecule has 0 heterocycles. The van der Waals surface area contributed by atoms with Crippen LogP contribution in [0.2, 0.25) is 0 Å². The Labute approximate surface area is 140 Å². The summed E-state index contributed by atoms with van der Waals surface area (Å²) in [6.07, 6.45) is -0.928. The lowest BCUT2D eigenvalue weighted by atomic mass is 10.0. The molecule has 1 fully saturated rings. The van der Waals surface area contributed by atoms with E-state index in [-0.39, 0.29) is 11.5 Å². The van der Waals surface area contributed by atoms with E-state index in [1.807, 2.05) is 0 Å². The predicted octanol–water partition coefficient (Wildman–Crippen LogP) is 0.677. The minimum absolute atomic E-state index is 0.247. The van der Waals surface area contributed by atoms with Crippen molar-refractivity contribution in [3.63, 3.8) is 0 Å². The van der Waals surface area contributed by atoms with E-state index in [9.17, 15) is 24.2 Å². The highest BCUT2D eigenvalue weighted by molar-refractivity contribution is 5.98. The standard InChI is InChI=1S/C17H23FN2O4/c1-17(2,19-15(23)10-4-6-11(18)7-5-10)16(24)20(3)12-8-9-13(21)14(12)22/h4-7,12-14,21-22H,8-9H2,1-3H3,(H,19,23)/t12-,13-,14-/m1/s1. The van der Waals surface area contributed by atoms with Gasteiger partial charge in [-0.25, -0.2) is 4.39 Å². The summed E-state index contributed by atoms with van der Waals surface area (Å²) in [4.78, 5) is 26.3. The maximum absolute atomic E-state index is 12.9. The second-order valence-electron chi connectivity index (χ2n) is 6.70. The van der Waals surface area contributed by atoms with Crippen LogP contribution in [0.25, 0.3) is 0 Å². The van der Waals surface area contributed by atoms with Crippen LogP contribution in [0.15, 0.2) is 24.3 Å². The number of rotatable bonds is 4. The van der Waals surface area contributed by atoms with E-state index in [1.54, 1.807) is 20.9 Å². The summed E-state index contributed by atoms with van der Waals surface area (Å²) < 4.78 is 12.9. The van der Waals surface area contributed by atoms with Crippen molar-refractivity contribution in [2.45, 2.75) is 50.5 Å². The molecule has 2 rings (SSSR count). The Hall–Kier alpha value is -1.99. The molecular weight excluding hydrogens is 315 g/mol. The van der Waals surface area contributed by atoms with E-state index in [0.29, 0.717) is 12.8 Å². The number of nitrogens with one attached hydrogen (secondary N) is 1. The van der Waals surface area contributed by atoms with Gasteiger partial charge in [0.15, 0.2) is 0 Å². The Balaban J connectivity index is 2.07. The molecule has 0 spiro atoms. The number of nitrogens with zero attached hydrogens (tertiary/aromatic N) is 1. The van der Waals surface area contributed by atoms with Crippen LogP contribution >= 0.6 is 0 Å².